The van der Waals surface area contributed by atoms with E-state index < -0.39 is 8.07 Å². The van der Waals surface area contributed by atoms with Crippen LogP contribution in [0.5, 0.6) is 5.75 Å². The number of hydrogen-bond acceptors (Lipinski definition) is 2. The molecule has 0 amide bonds. The molecule has 0 aromatic heterocycles. The topological polar surface area (TPSA) is 29.5 Å². The fourth-order valence-electron chi connectivity index (χ4n) is 1.05. The molecule has 16 heavy (non-hydrogen) atoms. The Labute approximate surface area is 103 Å². The summed E-state index contributed by atoms with van der Waals surface area (Å²) in [6.45, 7) is 6.49. The number of hydrogen-bond donors (Lipinski definition) is 1. The lowest BCUT2D eigenvalue weighted by Gasteiger charge is -2.07. The van der Waals surface area contributed by atoms with Crippen molar-refractivity contribution >= 4 is 27.4 Å². The maximum atomic E-state index is 8.75. The zero-order valence-corrected chi connectivity index (χ0v) is 11.4. The molecule has 1 aromatic carbocycles. The minimum Gasteiger partial charge on any atom is -0.538 e. The predicted octanol–water partition coefficient (Wildman–Crippen LogP) is 2.21. The Morgan fingerprint density at radius 1 is 1.38 bits per heavy atom. The largest absolute Gasteiger partial charge is 0.538 e. The molecule has 5 heteroatoms. The van der Waals surface area contributed by atoms with E-state index in [1.54, 1.807) is 18.2 Å². The van der Waals surface area contributed by atoms with Crippen LogP contribution >= 0.6 is 11.6 Å². The Kier molecular flexibility index (Phi) is 4.48. The lowest BCUT2D eigenvalue weighted by molar-refractivity contribution is 0.453. The van der Waals surface area contributed by atoms with Crippen molar-refractivity contribution in [3.05, 3.63) is 28.8 Å². The first-order chi connectivity index (χ1) is 7.42. The van der Waals surface area contributed by atoms with Crippen LogP contribution in [0, 0.1) is 11.5 Å². The third-order valence-corrected chi connectivity index (χ3v) is 2.84. The Hall–Kier alpha value is -0.888. The molecule has 0 unspecified atom stereocenters. The van der Waals surface area contributed by atoms with Gasteiger partial charge in [0.1, 0.15) is 13.8 Å². The summed E-state index contributed by atoms with van der Waals surface area (Å²) in [5.41, 5.74) is 3.96. The maximum absolute atomic E-state index is 8.75. The van der Waals surface area contributed by atoms with E-state index in [4.69, 9.17) is 21.3 Å². The molecule has 0 heterocycles. The van der Waals surface area contributed by atoms with Gasteiger partial charge in [0, 0.05) is 5.02 Å². The van der Waals surface area contributed by atoms with Gasteiger partial charge in [-0.3, -0.25) is 0 Å². The maximum Gasteiger partial charge on any atom is 0.504 e. The van der Waals surface area contributed by atoms with Crippen molar-refractivity contribution in [3.8, 4) is 17.2 Å². The van der Waals surface area contributed by atoms with Crippen LogP contribution in [0.1, 0.15) is 5.56 Å². The van der Waals surface area contributed by atoms with Crippen molar-refractivity contribution in [3.63, 3.8) is 0 Å². The zero-order valence-electron chi connectivity index (χ0n) is 9.67. The summed E-state index contributed by atoms with van der Waals surface area (Å²) in [5.74, 6) is 3.64. The van der Waals surface area contributed by atoms with Gasteiger partial charge in [-0.2, -0.15) is 0 Å². The third kappa shape index (κ3) is 4.32. The normalized spacial score (nSPS) is 10.3. The molecular formula is C11H14BClO2Si. The summed E-state index contributed by atoms with van der Waals surface area (Å²) in [7, 11) is -1.78. The first-order valence-corrected chi connectivity index (χ1v) is 8.86. The average molecular weight is 253 g/mol. The lowest BCUT2D eigenvalue weighted by Crippen LogP contribution is -2.16. The van der Waals surface area contributed by atoms with E-state index in [2.05, 4.69) is 31.1 Å². The van der Waals surface area contributed by atoms with Crippen LogP contribution < -0.4 is 4.65 Å². The van der Waals surface area contributed by atoms with E-state index in [1.165, 1.54) is 0 Å². The van der Waals surface area contributed by atoms with E-state index >= 15 is 0 Å². The Morgan fingerprint density at radius 3 is 2.62 bits per heavy atom. The van der Waals surface area contributed by atoms with Gasteiger partial charge in [-0.25, -0.2) is 0 Å². The minimum absolute atomic E-state index is 0.358. The zero-order chi connectivity index (χ0) is 12.2. The van der Waals surface area contributed by atoms with Crippen molar-refractivity contribution in [1.82, 2.24) is 0 Å². The van der Waals surface area contributed by atoms with E-state index in [9.17, 15) is 0 Å². The van der Waals surface area contributed by atoms with Gasteiger partial charge in [0.05, 0.1) is 5.56 Å². The number of rotatable bonds is 2. The van der Waals surface area contributed by atoms with Crippen molar-refractivity contribution in [2.45, 2.75) is 19.6 Å². The first-order valence-electron chi connectivity index (χ1n) is 4.99. The second-order valence-electron chi connectivity index (χ2n) is 4.41. The van der Waals surface area contributed by atoms with Crippen molar-refractivity contribution in [2.24, 2.45) is 0 Å². The second-order valence-corrected chi connectivity index (χ2v) is 9.60. The van der Waals surface area contributed by atoms with Gasteiger partial charge in [-0.1, -0.05) is 37.2 Å². The van der Waals surface area contributed by atoms with Crippen molar-refractivity contribution < 1.29 is 9.68 Å². The van der Waals surface area contributed by atoms with Gasteiger partial charge < -0.3 is 9.68 Å². The fraction of sp³-hybridized carbons (Fsp3) is 0.273. The van der Waals surface area contributed by atoms with Gasteiger partial charge in [-0.05, 0) is 18.2 Å². The summed E-state index contributed by atoms with van der Waals surface area (Å²) in [6.07, 6.45) is 0. The van der Waals surface area contributed by atoms with Crippen molar-refractivity contribution in [2.75, 3.05) is 0 Å². The molecule has 0 saturated carbocycles. The van der Waals surface area contributed by atoms with Crippen LogP contribution in [-0.2, 0) is 0 Å². The molecule has 0 fully saturated rings. The molecular weight excluding hydrogens is 238 g/mol. The molecule has 1 N–H and O–H groups in total. The van der Waals surface area contributed by atoms with Gasteiger partial charge in [0.15, 0.2) is 0 Å². The quantitative estimate of drug-likeness (QED) is 0.646. The molecule has 84 valence electrons. The highest BCUT2D eigenvalue weighted by molar-refractivity contribution is 6.83. The second kappa shape index (κ2) is 5.44. The van der Waals surface area contributed by atoms with Gasteiger partial charge in [0.25, 0.3) is 0 Å². The van der Waals surface area contributed by atoms with E-state index in [1.807, 2.05) is 0 Å². The third-order valence-electron chi connectivity index (χ3n) is 1.73. The summed E-state index contributed by atoms with van der Waals surface area (Å²) < 4.78 is 5.07. The predicted molar refractivity (Wildman–Crippen MR) is 71.7 cm³/mol. The molecule has 1 aromatic rings. The Balaban J connectivity index is 3.08. The number of benzene rings is 1. The van der Waals surface area contributed by atoms with Crippen LogP contribution in [0.15, 0.2) is 18.2 Å². The van der Waals surface area contributed by atoms with Crippen molar-refractivity contribution in [1.29, 1.82) is 0 Å². The first kappa shape index (κ1) is 13.2. The van der Waals surface area contributed by atoms with Crippen LogP contribution in [0.25, 0.3) is 0 Å². The lowest BCUT2D eigenvalue weighted by atomic mass is 10.2. The molecule has 0 bridgehead atoms. The molecule has 2 nitrogen and oxygen atoms in total. The van der Waals surface area contributed by atoms with Gasteiger partial charge in [-0.15, -0.1) is 5.54 Å². The smallest absolute Gasteiger partial charge is 0.504 e. The summed E-state index contributed by atoms with van der Waals surface area (Å²) in [6, 6.07) is 5.18. The molecule has 0 radical (unpaired) electrons. The average Bonchev–Trinajstić information content (AvgIpc) is 2.17. The molecule has 0 aliphatic heterocycles. The highest BCUT2D eigenvalue weighted by Gasteiger charge is 2.08. The highest BCUT2D eigenvalue weighted by atomic mass is 35.5. The summed E-state index contributed by atoms with van der Waals surface area (Å²) >= 11 is 5.89. The van der Waals surface area contributed by atoms with Crippen LogP contribution in [0.2, 0.25) is 24.7 Å². The van der Waals surface area contributed by atoms with Crippen LogP contribution in [0.4, 0.5) is 0 Å². The monoisotopic (exact) mass is 252 g/mol. The molecule has 0 aliphatic rings. The van der Waals surface area contributed by atoms with Gasteiger partial charge in [0.2, 0.25) is 0 Å². The number of halogens is 1. The van der Waals surface area contributed by atoms with E-state index in [-0.39, 0.29) is 7.69 Å². The van der Waals surface area contributed by atoms with Crippen LogP contribution in [0.3, 0.4) is 0 Å². The molecule has 0 atom stereocenters. The molecule has 0 spiro atoms. The standard InChI is InChI=1S/C11H14BClO2Si/c1-16(2,3)7-6-9-8-10(13)4-5-11(9)15-12-14/h4-5,8,12,14H,1-3H3. The molecule has 1 rings (SSSR count). The summed E-state index contributed by atoms with van der Waals surface area (Å²) in [4.78, 5) is 0. The van der Waals surface area contributed by atoms with E-state index in [0.29, 0.717) is 10.8 Å². The minimum atomic E-state index is -1.43. The van der Waals surface area contributed by atoms with Gasteiger partial charge >= 0.3 is 7.69 Å². The SMILES string of the molecule is C[Si](C)(C)C#Cc1cc(Cl)ccc1OBO. The highest BCUT2D eigenvalue weighted by Crippen LogP contribution is 2.21. The Morgan fingerprint density at radius 2 is 2.06 bits per heavy atom. The molecule has 0 saturated heterocycles. The summed E-state index contributed by atoms with van der Waals surface area (Å²) in [5, 5.41) is 9.36. The Bertz CT molecular complexity index is 432. The van der Waals surface area contributed by atoms with Crippen LogP contribution in [-0.4, -0.2) is 20.8 Å². The molecule has 0 aliphatic carbocycles. The fourth-order valence-corrected chi connectivity index (χ4v) is 1.73. The van der Waals surface area contributed by atoms with E-state index in [0.717, 1.165) is 5.56 Å².